The summed E-state index contributed by atoms with van der Waals surface area (Å²) in [6.45, 7) is 2.20. The Morgan fingerprint density at radius 2 is 1.93 bits per heavy atom. The number of nitrogens with two attached hydrogens (primary N) is 1. The monoisotopic (exact) mass is 403 g/mol. The minimum absolute atomic E-state index is 0.0280. The molecule has 0 saturated heterocycles. The molecule has 1 aromatic heterocycles. The van der Waals surface area contributed by atoms with Crippen molar-refractivity contribution in [3.05, 3.63) is 110 Å². The molecular formula is C23H18ClN3O2. The highest BCUT2D eigenvalue weighted by atomic mass is 35.5. The first kappa shape index (κ1) is 18.9. The van der Waals surface area contributed by atoms with Crippen LogP contribution in [0.15, 0.2) is 76.9 Å². The largest absolute Gasteiger partial charge is 0.440 e. The predicted octanol–water partition coefficient (Wildman–Crippen LogP) is 4.08. The number of allylic oxidation sites excluding steroid dienone is 1. The summed E-state index contributed by atoms with van der Waals surface area (Å²) in [4.78, 5) is 13.6. The number of nitriles is 1. The van der Waals surface area contributed by atoms with Crippen LogP contribution < -0.4 is 16.0 Å². The minimum Gasteiger partial charge on any atom is -0.440 e. The molecule has 0 aliphatic carbocycles. The van der Waals surface area contributed by atoms with Crippen LogP contribution >= 0.6 is 11.6 Å². The first-order valence-electron chi connectivity index (χ1n) is 9.11. The van der Waals surface area contributed by atoms with E-state index in [1.807, 2.05) is 55.5 Å². The molecule has 1 aliphatic rings. The van der Waals surface area contributed by atoms with Crippen LogP contribution in [0.25, 0.3) is 0 Å². The quantitative estimate of drug-likeness (QED) is 0.714. The van der Waals surface area contributed by atoms with Crippen LogP contribution in [0, 0.1) is 18.3 Å². The third-order valence-corrected chi connectivity index (χ3v) is 5.29. The van der Waals surface area contributed by atoms with E-state index in [-0.39, 0.29) is 17.0 Å². The Morgan fingerprint density at radius 3 is 2.62 bits per heavy atom. The van der Waals surface area contributed by atoms with Crippen molar-refractivity contribution in [3.8, 4) is 11.8 Å². The van der Waals surface area contributed by atoms with Gasteiger partial charge in [-0.3, -0.25) is 4.79 Å². The second-order valence-corrected chi connectivity index (χ2v) is 7.36. The van der Waals surface area contributed by atoms with Gasteiger partial charge in [-0.1, -0.05) is 54.1 Å². The fraction of sp³-hybridized carbons (Fsp3) is 0.130. The van der Waals surface area contributed by atoms with Crippen LogP contribution in [0.2, 0.25) is 5.02 Å². The van der Waals surface area contributed by atoms with Crippen molar-refractivity contribution >= 4 is 11.6 Å². The summed E-state index contributed by atoms with van der Waals surface area (Å²) in [5.74, 6) is -0.163. The second kappa shape index (κ2) is 7.50. The number of rotatable bonds is 3. The highest BCUT2D eigenvalue weighted by Crippen LogP contribution is 2.40. The molecule has 2 aromatic carbocycles. The van der Waals surface area contributed by atoms with Gasteiger partial charge < -0.3 is 15.0 Å². The number of benzene rings is 2. The summed E-state index contributed by atoms with van der Waals surface area (Å²) in [7, 11) is 0. The SMILES string of the molecule is Cc1cc2c(c(=O)n1Cc1cccc(Cl)c1)[C@H](c1ccccc1)C(C#N)=C(N)O2. The molecule has 0 saturated carbocycles. The van der Waals surface area contributed by atoms with Gasteiger partial charge in [0.25, 0.3) is 5.56 Å². The fourth-order valence-corrected chi connectivity index (χ4v) is 3.89. The molecule has 0 unspecified atom stereocenters. The van der Waals surface area contributed by atoms with E-state index in [1.165, 1.54) is 0 Å². The number of hydrogen-bond donors (Lipinski definition) is 1. The van der Waals surface area contributed by atoms with Crippen molar-refractivity contribution in [2.45, 2.75) is 19.4 Å². The summed E-state index contributed by atoms with van der Waals surface area (Å²) >= 11 is 6.10. The van der Waals surface area contributed by atoms with Gasteiger partial charge in [-0.25, -0.2) is 0 Å². The molecule has 6 heteroatoms. The van der Waals surface area contributed by atoms with E-state index in [1.54, 1.807) is 16.7 Å². The van der Waals surface area contributed by atoms with E-state index < -0.39 is 5.92 Å². The Bertz CT molecular complexity index is 1220. The van der Waals surface area contributed by atoms with Gasteiger partial charge in [-0.05, 0) is 30.2 Å². The third-order valence-electron chi connectivity index (χ3n) is 5.05. The van der Waals surface area contributed by atoms with E-state index in [0.717, 1.165) is 16.8 Å². The van der Waals surface area contributed by atoms with Gasteiger partial charge in [0.1, 0.15) is 17.4 Å². The molecule has 3 aromatic rings. The first-order chi connectivity index (χ1) is 14.0. The molecule has 0 bridgehead atoms. The number of hydrogen-bond acceptors (Lipinski definition) is 4. The van der Waals surface area contributed by atoms with Crippen molar-refractivity contribution in [3.63, 3.8) is 0 Å². The average molecular weight is 404 g/mol. The lowest BCUT2D eigenvalue weighted by molar-refractivity contribution is 0.389. The Morgan fingerprint density at radius 1 is 1.17 bits per heavy atom. The van der Waals surface area contributed by atoms with E-state index in [2.05, 4.69) is 6.07 Å². The molecule has 0 amide bonds. The normalized spacial score (nSPS) is 15.4. The highest BCUT2D eigenvalue weighted by molar-refractivity contribution is 6.30. The zero-order valence-electron chi connectivity index (χ0n) is 15.7. The summed E-state index contributed by atoms with van der Waals surface area (Å²) in [5.41, 5.74) is 8.91. The Labute approximate surface area is 173 Å². The van der Waals surface area contributed by atoms with Crippen LogP contribution in [0.1, 0.15) is 28.3 Å². The van der Waals surface area contributed by atoms with E-state index in [4.69, 9.17) is 22.1 Å². The molecule has 1 atom stereocenters. The van der Waals surface area contributed by atoms with E-state index in [9.17, 15) is 10.1 Å². The van der Waals surface area contributed by atoms with Gasteiger partial charge in [0.15, 0.2) is 0 Å². The van der Waals surface area contributed by atoms with Crippen LogP contribution in [0.4, 0.5) is 0 Å². The molecule has 2 heterocycles. The number of ether oxygens (including phenoxy) is 1. The number of aryl methyl sites for hydroxylation is 1. The molecule has 144 valence electrons. The Kier molecular flexibility index (Phi) is 4.87. The van der Waals surface area contributed by atoms with Crippen molar-refractivity contribution in [2.24, 2.45) is 5.73 Å². The molecule has 2 N–H and O–H groups in total. The maximum atomic E-state index is 13.6. The summed E-state index contributed by atoms with van der Waals surface area (Å²) in [6.07, 6.45) is 0. The molecule has 5 nitrogen and oxygen atoms in total. The summed E-state index contributed by atoms with van der Waals surface area (Å²) in [5, 5.41) is 10.3. The third kappa shape index (κ3) is 3.39. The molecular weight excluding hydrogens is 386 g/mol. The maximum absolute atomic E-state index is 13.6. The van der Waals surface area contributed by atoms with E-state index in [0.29, 0.717) is 22.9 Å². The fourth-order valence-electron chi connectivity index (χ4n) is 3.68. The zero-order chi connectivity index (χ0) is 20.5. The Hall–Kier alpha value is -3.49. The molecule has 29 heavy (non-hydrogen) atoms. The number of halogens is 1. The minimum atomic E-state index is -0.580. The van der Waals surface area contributed by atoms with Crippen LogP contribution in [0.3, 0.4) is 0 Å². The second-order valence-electron chi connectivity index (χ2n) is 6.92. The molecule has 4 rings (SSSR count). The summed E-state index contributed by atoms with van der Waals surface area (Å²) < 4.78 is 7.34. The van der Waals surface area contributed by atoms with Gasteiger partial charge in [0.2, 0.25) is 5.88 Å². The molecule has 1 aliphatic heterocycles. The predicted molar refractivity (Wildman–Crippen MR) is 112 cm³/mol. The zero-order valence-corrected chi connectivity index (χ0v) is 16.5. The molecule has 0 spiro atoms. The smallest absolute Gasteiger partial charge is 0.259 e. The van der Waals surface area contributed by atoms with Crippen LogP contribution in [-0.2, 0) is 6.54 Å². The first-order valence-corrected chi connectivity index (χ1v) is 9.48. The van der Waals surface area contributed by atoms with Crippen LogP contribution in [0.5, 0.6) is 5.75 Å². The van der Waals surface area contributed by atoms with Gasteiger partial charge in [-0.2, -0.15) is 5.26 Å². The van der Waals surface area contributed by atoms with E-state index >= 15 is 0 Å². The standard InChI is InChI=1S/C23H18ClN3O2/c1-14-10-19-21(23(28)27(14)13-15-6-5-9-17(24)11-15)20(16-7-3-2-4-8-16)18(12-25)22(26)29-19/h2-11,20H,13,26H2,1H3/t20-/m1/s1. The molecule has 0 radical (unpaired) electrons. The molecule has 0 fully saturated rings. The van der Waals surface area contributed by atoms with Gasteiger partial charge in [0.05, 0.1) is 18.0 Å². The van der Waals surface area contributed by atoms with Crippen molar-refractivity contribution in [1.29, 1.82) is 5.26 Å². The lowest BCUT2D eigenvalue weighted by Gasteiger charge is -2.27. The number of nitrogens with zero attached hydrogens (tertiary/aromatic N) is 2. The van der Waals surface area contributed by atoms with Crippen molar-refractivity contribution in [1.82, 2.24) is 4.57 Å². The highest BCUT2D eigenvalue weighted by Gasteiger charge is 2.34. The lowest BCUT2D eigenvalue weighted by Crippen LogP contribution is -2.33. The van der Waals surface area contributed by atoms with Crippen LogP contribution in [-0.4, -0.2) is 4.57 Å². The van der Waals surface area contributed by atoms with Crippen molar-refractivity contribution in [2.75, 3.05) is 0 Å². The van der Waals surface area contributed by atoms with Gasteiger partial charge in [-0.15, -0.1) is 0 Å². The van der Waals surface area contributed by atoms with Gasteiger partial charge in [0, 0.05) is 16.8 Å². The lowest BCUT2D eigenvalue weighted by atomic mass is 9.84. The van der Waals surface area contributed by atoms with Gasteiger partial charge >= 0.3 is 0 Å². The average Bonchev–Trinajstić information content (AvgIpc) is 2.71. The topological polar surface area (TPSA) is 81.0 Å². The number of fused-ring (bicyclic) bond motifs is 1. The number of pyridine rings is 1. The Balaban J connectivity index is 1.92. The number of aromatic nitrogens is 1. The van der Waals surface area contributed by atoms with Crippen molar-refractivity contribution < 1.29 is 4.74 Å². The maximum Gasteiger partial charge on any atom is 0.259 e. The summed E-state index contributed by atoms with van der Waals surface area (Å²) in [6, 6.07) is 20.7.